The van der Waals surface area contributed by atoms with E-state index in [0.717, 1.165) is 16.3 Å². The second-order valence-electron chi connectivity index (χ2n) is 7.90. The normalized spacial score (nSPS) is 12.4. The van der Waals surface area contributed by atoms with E-state index < -0.39 is 0 Å². The van der Waals surface area contributed by atoms with E-state index in [4.69, 9.17) is 4.74 Å². The molecule has 0 saturated carbocycles. The molecule has 0 aliphatic heterocycles. The lowest BCUT2D eigenvalue weighted by atomic mass is 10.0. The van der Waals surface area contributed by atoms with Crippen molar-refractivity contribution < 1.29 is 14.6 Å². The summed E-state index contributed by atoms with van der Waals surface area (Å²) in [5, 5.41) is 14.5. The smallest absolute Gasteiger partial charge is 0.256 e. The van der Waals surface area contributed by atoms with Crippen LogP contribution in [0.25, 0.3) is 21.8 Å². The highest BCUT2D eigenvalue weighted by Gasteiger charge is 2.17. The molecule has 3 aromatic carbocycles. The molecule has 6 heteroatoms. The van der Waals surface area contributed by atoms with E-state index in [-0.39, 0.29) is 24.7 Å². The number of amides is 1. The Hall–Kier alpha value is -3.38. The highest BCUT2D eigenvalue weighted by molar-refractivity contribution is 6.14. The number of aliphatic hydroxyl groups is 1. The van der Waals surface area contributed by atoms with Gasteiger partial charge in [-0.3, -0.25) is 4.79 Å². The number of hydrogen-bond donors (Lipinski definition) is 2. The van der Waals surface area contributed by atoms with Crippen molar-refractivity contribution in [1.82, 2.24) is 9.55 Å². The molecule has 160 valence electrons. The Morgan fingerprint density at radius 1 is 1.16 bits per heavy atom. The van der Waals surface area contributed by atoms with Crippen molar-refractivity contribution in [2.24, 2.45) is 0 Å². The zero-order valence-corrected chi connectivity index (χ0v) is 18.0. The van der Waals surface area contributed by atoms with Crippen molar-refractivity contribution in [1.29, 1.82) is 0 Å². The Bertz CT molecular complexity index is 1220. The molecule has 2 N–H and O–H groups in total. The molecule has 1 atom stereocenters. The Morgan fingerprint density at radius 2 is 1.94 bits per heavy atom. The molecule has 1 heterocycles. The van der Waals surface area contributed by atoms with Crippen LogP contribution in [0.15, 0.2) is 60.9 Å². The minimum Gasteiger partial charge on any atom is -0.488 e. The summed E-state index contributed by atoms with van der Waals surface area (Å²) < 4.78 is 8.02. The highest BCUT2D eigenvalue weighted by atomic mass is 16.5. The number of carbonyl (C=O) groups is 1. The zero-order valence-electron chi connectivity index (χ0n) is 18.0. The number of nitrogens with zero attached hydrogens (tertiary/aromatic N) is 2. The van der Waals surface area contributed by atoms with Crippen LogP contribution in [0.2, 0.25) is 0 Å². The summed E-state index contributed by atoms with van der Waals surface area (Å²) in [6, 6.07) is 17.4. The molecule has 1 amide bonds. The van der Waals surface area contributed by atoms with Gasteiger partial charge in [-0.15, -0.1) is 0 Å². The second kappa shape index (κ2) is 8.78. The quantitative estimate of drug-likeness (QED) is 0.435. The number of anilines is 1. The van der Waals surface area contributed by atoms with E-state index in [1.807, 2.05) is 60.0 Å². The molecule has 0 radical (unpaired) electrons. The lowest BCUT2D eigenvalue weighted by Gasteiger charge is -2.17. The van der Waals surface area contributed by atoms with Crippen LogP contribution in [0.1, 0.15) is 43.6 Å². The molecule has 6 nitrogen and oxygen atoms in total. The van der Waals surface area contributed by atoms with E-state index in [0.29, 0.717) is 28.9 Å². The van der Waals surface area contributed by atoms with Crippen LogP contribution in [-0.2, 0) is 0 Å². The zero-order chi connectivity index (χ0) is 22.0. The molecular weight excluding hydrogens is 390 g/mol. The van der Waals surface area contributed by atoms with E-state index >= 15 is 0 Å². The third-order valence-electron chi connectivity index (χ3n) is 5.45. The fourth-order valence-corrected chi connectivity index (χ4v) is 3.74. The molecule has 31 heavy (non-hydrogen) atoms. The molecule has 1 aromatic heterocycles. The number of aromatic nitrogens is 2. The average molecular weight is 418 g/mol. The van der Waals surface area contributed by atoms with Crippen LogP contribution in [0.3, 0.4) is 0 Å². The highest BCUT2D eigenvalue weighted by Crippen LogP contribution is 2.32. The minimum absolute atomic E-state index is 0.0737. The predicted molar refractivity (Wildman–Crippen MR) is 124 cm³/mol. The maximum absolute atomic E-state index is 13.2. The molecule has 1 unspecified atom stereocenters. The van der Waals surface area contributed by atoms with E-state index in [9.17, 15) is 9.90 Å². The first kappa shape index (κ1) is 20.9. The van der Waals surface area contributed by atoms with Crippen LogP contribution in [-0.4, -0.2) is 33.3 Å². The molecule has 4 rings (SSSR count). The van der Waals surface area contributed by atoms with Gasteiger partial charge < -0.3 is 19.7 Å². The summed E-state index contributed by atoms with van der Waals surface area (Å²) >= 11 is 0. The Morgan fingerprint density at radius 3 is 2.68 bits per heavy atom. The monoisotopic (exact) mass is 417 g/mol. The van der Waals surface area contributed by atoms with Gasteiger partial charge in [0.1, 0.15) is 17.4 Å². The first-order valence-electron chi connectivity index (χ1n) is 10.6. The summed E-state index contributed by atoms with van der Waals surface area (Å²) in [5.41, 5.74) is 2.75. The topological polar surface area (TPSA) is 76.4 Å². The Kier molecular flexibility index (Phi) is 5.91. The van der Waals surface area contributed by atoms with Gasteiger partial charge in [0.15, 0.2) is 0 Å². The Labute approximate surface area is 181 Å². The lowest BCUT2D eigenvalue weighted by molar-refractivity contribution is 0.102. The molecule has 0 aliphatic carbocycles. The van der Waals surface area contributed by atoms with Crippen molar-refractivity contribution >= 4 is 33.4 Å². The van der Waals surface area contributed by atoms with Crippen LogP contribution < -0.4 is 10.1 Å². The Balaban J connectivity index is 1.77. The summed E-state index contributed by atoms with van der Waals surface area (Å²) in [7, 11) is 0. The number of nitrogens with one attached hydrogen (secondary N) is 1. The van der Waals surface area contributed by atoms with E-state index in [2.05, 4.69) is 24.1 Å². The van der Waals surface area contributed by atoms with Gasteiger partial charge in [0.05, 0.1) is 24.1 Å². The average Bonchev–Trinajstić information content (AvgIpc) is 3.21. The van der Waals surface area contributed by atoms with Crippen LogP contribution in [0.4, 0.5) is 5.69 Å². The third-order valence-corrected chi connectivity index (χ3v) is 5.45. The first-order valence-corrected chi connectivity index (χ1v) is 10.6. The number of carbonyl (C=O) groups excluding carboxylic acids is 1. The standard InChI is InChI=1S/C25H27N3O3/c1-4-18(14-29)31-19-12-22(24-23(13-19)28(15-26-24)16(2)3)27-25(30)21-11-7-9-17-8-5-6-10-20(17)21/h5-13,15-16,18,29H,4,14H2,1-3H3,(H,27,30). The summed E-state index contributed by atoms with van der Waals surface area (Å²) in [6.45, 7) is 6.04. The lowest BCUT2D eigenvalue weighted by Crippen LogP contribution is -2.20. The summed E-state index contributed by atoms with van der Waals surface area (Å²) in [4.78, 5) is 17.8. The maximum atomic E-state index is 13.2. The summed E-state index contributed by atoms with van der Waals surface area (Å²) in [5.74, 6) is 0.382. The van der Waals surface area contributed by atoms with Gasteiger partial charge in [-0.25, -0.2) is 4.98 Å². The van der Waals surface area contributed by atoms with Gasteiger partial charge in [-0.2, -0.15) is 0 Å². The third kappa shape index (κ3) is 4.11. The largest absolute Gasteiger partial charge is 0.488 e. The molecule has 0 aliphatic rings. The van der Waals surface area contributed by atoms with Crippen LogP contribution in [0, 0.1) is 0 Å². The van der Waals surface area contributed by atoms with Gasteiger partial charge in [0, 0.05) is 23.7 Å². The first-order chi connectivity index (χ1) is 15.0. The maximum Gasteiger partial charge on any atom is 0.256 e. The molecule has 4 aromatic rings. The van der Waals surface area contributed by atoms with Crippen molar-refractivity contribution in [2.75, 3.05) is 11.9 Å². The predicted octanol–water partition coefficient (Wildman–Crippen LogP) is 5.17. The van der Waals surface area contributed by atoms with Crippen LogP contribution in [0.5, 0.6) is 5.75 Å². The molecule has 0 fully saturated rings. The van der Waals surface area contributed by atoms with Gasteiger partial charge >= 0.3 is 0 Å². The SMILES string of the molecule is CCC(CO)Oc1cc(NC(=O)c2cccc3ccccc23)c2ncn(C(C)C)c2c1. The van der Waals surface area contributed by atoms with E-state index in [1.165, 1.54) is 0 Å². The van der Waals surface area contributed by atoms with E-state index in [1.54, 1.807) is 12.4 Å². The number of hydrogen-bond acceptors (Lipinski definition) is 4. The van der Waals surface area contributed by atoms with Crippen molar-refractivity contribution in [3.8, 4) is 5.75 Å². The van der Waals surface area contributed by atoms with Gasteiger partial charge in [0.2, 0.25) is 0 Å². The molecule has 0 spiro atoms. The van der Waals surface area contributed by atoms with Crippen molar-refractivity contribution in [3.05, 3.63) is 66.5 Å². The molecular formula is C25H27N3O3. The van der Waals surface area contributed by atoms with Crippen LogP contribution >= 0.6 is 0 Å². The minimum atomic E-state index is -0.311. The van der Waals surface area contributed by atoms with Gasteiger partial charge in [-0.1, -0.05) is 43.3 Å². The number of rotatable bonds is 7. The number of benzene rings is 3. The van der Waals surface area contributed by atoms with Gasteiger partial charge in [0.25, 0.3) is 5.91 Å². The number of fused-ring (bicyclic) bond motifs is 2. The van der Waals surface area contributed by atoms with Gasteiger partial charge in [-0.05, 0) is 37.1 Å². The fourth-order valence-electron chi connectivity index (χ4n) is 3.74. The van der Waals surface area contributed by atoms with Crippen molar-refractivity contribution in [3.63, 3.8) is 0 Å². The van der Waals surface area contributed by atoms with Crippen molar-refractivity contribution in [2.45, 2.75) is 39.3 Å². The fraction of sp³-hybridized carbons (Fsp3) is 0.280. The summed E-state index contributed by atoms with van der Waals surface area (Å²) in [6.07, 6.45) is 2.14. The number of imidazole rings is 1. The second-order valence-corrected chi connectivity index (χ2v) is 7.90. The number of ether oxygens (including phenoxy) is 1. The molecule has 0 bridgehead atoms. The number of aliphatic hydroxyl groups excluding tert-OH is 1. The molecule has 0 saturated heterocycles.